The molecule has 0 aromatic carbocycles. The van der Waals surface area contributed by atoms with Crippen molar-refractivity contribution in [3.8, 4) is 0 Å². The van der Waals surface area contributed by atoms with Gasteiger partial charge in [0, 0.05) is 13.0 Å². The van der Waals surface area contributed by atoms with Gasteiger partial charge in [0.05, 0.1) is 5.75 Å². The molecule has 0 aliphatic heterocycles. The van der Waals surface area contributed by atoms with Crippen LogP contribution in [-0.4, -0.2) is 31.8 Å². The molecule has 0 spiro atoms. The molecule has 0 amide bonds. The summed E-state index contributed by atoms with van der Waals surface area (Å²) >= 11 is 0. The second-order valence-electron chi connectivity index (χ2n) is 5.54. The highest BCUT2D eigenvalue weighted by Crippen LogP contribution is 2.09. The summed E-state index contributed by atoms with van der Waals surface area (Å²) in [7, 11) is -3.06. The van der Waals surface area contributed by atoms with E-state index in [-0.39, 0.29) is 12.2 Å². The minimum Gasteiger partial charge on any atom is -0.481 e. The molecular weight excluding hydrogens is 290 g/mol. The lowest BCUT2D eigenvalue weighted by atomic mass is 10.1. The van der Waals surface area contributed by atoms with Gasteiger partial charge in [-0.05, 0) is 19.3 Å². The fourth-order valence-corrected chi connectivity index (χ4v) is 3.36. The lowest BCUT2D eigenvalue weighted by molar-refractivity contribution is -0.137. The van der Waals surface area contributed by atoms with Gasteiger partial charge < -0.3 is 5.11 Å². The molecule has 0 bridgehead atoms. The maximum atomic E-state index is 11.5. The Morgan fingerprint density at radius 3 is 1.95 bits per heavy atom. The van der Waals surface area contributed by atoms with Crippen molar-refractivity contribution in [2.24, 2.45) is 0 Å². The number of carbonyl (C=O) groups is 1. The summed E-state index contributed by atoms with van der Waals surface area (Å²) in [5.41, 5.74) is 0. The molecule has 21 heavy (non-hydrogen) atoms. The normalized spacial score (nSPS) is 11.7. The minimum atomic E-state index is -3.06. The van der Waals surface area contributed by atoms with E-state index in [4.69, 9.17) is 5.11 Å². The minimum absolute atomic E-state index is 0.236. The molecule has 0 unspecified atom stereocenters. The lowest BCUT2D eigenvalue weighted by Crippen LogP contribution is -2.27. The highest BCUT2D eigenvalue weighted by atomic mass is 32.2. The molecule has 0 saturated carbocycles. The van der Waals surface area contributed by atoms with Crippen molar-refractivity contribution in [1.29, 1.82) is 0 Å². The van der Waals surface area contributed by atoms with Gasteiger partial charge >= 0.3 is 5.97 Å². The van der Waals surface area contributed by atoms with Crippen LogP contribution in [-0.2, 0) is 14.8 Å². The Morgan fingerprint density at radius 1 is 0.905 bits per heavy atom. The molecular formula is C15H31NO4S. The van der Waals surface area contributed by atoms with E-state index < -0.39 is 16.0 Å². The molecule has 0 aliphatic rings. The van der Waals surface area contributed by atoms with Crippen molar-refractivity contribution in [2.45, 2.75) is 77.6 Å². The van der Waals surface area contributed by atoms with Crippen molar-refractivity contribution in [2.75, 3.05) is 12.3 Å². The summed E-state index contributed by atoms with van der Waals surface area (Å²) in [4.78, 5) is 10.3. The number of unbranched alkanes of at least 4 members (excludes halogenated alkanes) is 8. The fourth-order valence-electron chi connectivity index (χ4n) is 2.10. The van der Waals surface area contributed by atoms with Crippen LogP contribution in [0.2, 0.25) is 0 Å². The van der Waals surface area contributed by atoms with Crippen LogP contribution in [0.3, 0.4) is 0 Å². The zero-order chi connectivity index (χ0) is 16.0. The monoisotopic (exact) mass is 321 g/mol. The van der Waals surface area contributed by atoms with Gasteiger partial charge in [0.15, 0.2) is 0 Å². The third-order valence-corrected chi connectivity index (χ3v) is 4.88. The van der Waals surface area contributed by atoms with E-state index in [1.807, 2.05) is 6.92 Å². The number of rotatable bonds is 15. The van der Waals surface area contributed by atoms with Gasteiger partial charge in [0.1, 0.15) is 0 Å². The number of nitrogens with one attached hydrogen (secondary N) is 1. The van der Waals surface area contributed by atoms with Gasteiger partial charge in [-0.3, -0.25) is 4.79 Å². The molecule has 5 nitrogen and oxygen atoms in total. The SMILES string of the molecule is CCCCS(=O)(=O)NCCCCCCCCCCC(=O)O. The predicted octanol–water partition coefficient (Wildman–Crippen LogP) is 3.30. The summed E-state index contributed by atoms with van der Waals surface area (Å²) in [6.07, 6.45) is 10.1. The first kappa shape index (κ1) is 20.4. The molecule has 0 aromatic heterocycles. The summed E-state index contributed by atoms with van der Waals surface area (Å²) < 4.78 is 25.7. The topological polar surface area (TPSA) is 83.5 Å². The first-order valence-electron chi connectivity index (χ1n) is 8.17. The van der Waals surface area contributed by atoms with Gasteiger partial charge in [0.2, 0.25) is 10.0 Å². The quantitative estimate of drug-likeness (QED) is 0.453. The van der Waals surface area contributed by atoms with Crippen LogP contribution < -0.4 is 4.72 Å². The molecule has 0 aliphatic carbocycles. The molecule has 6 heteroatoms. The van der Waals surface area contributed by atoms with Crippen molar-refractivity contribution < 1.29 is 18.3 Å². The lowest BCUT2D eigenvalue weighted by Gasteiger charge is -2.06. The zero-order valence-electron chi connectivity index (χ0n) is 13.3. The van der Waals surface area contributed by atoms with Crippen molar-refractivity contribution in [1.82, 2.24) is 4.72 Å². The van der Waals surface area contributed by atoms with Crippen LogP contribution in [0.15, 0.2) is 0 Å². The van der Waals surface area contributed by atoms with Crippen LogP contribution in [0, 0.1) is 0 Å². The Labute approximate surface area is 129 Å². The van der Waals surface area contributed by atoms with E-state index in [0.29, 0.717) is 6.54 Å². The first-order valence-corrected chi connectivity index (χ1v) is 9.82. The molecule has 0 atom stereocenters. The Bertz CT molecular complexity index is 355. The van der Waals surface area contributed by atoms with Gasteiger partial charge in [-0.15, -0.1) is 0 Å². The number of carboxylic acids is 1. The van der Waals surface area contributed by atoms with E-state index in [2.05, 4.69) is 4.72 Å². The standard InChI is InChI=1S/C15H31NO4S/c1-2-3-14-21(19,20)16-13-11-9-7-5-4-6-8-10-12-15(17)18/h16H,2-14H2,1H3,(H,17,18). The average molecular weight is 321 g/mol. The van der Waals surface area contributed by atoms with Crippen molar-refractivity contribution in [3.05, 3.63) is 0 Å². The summed E-state index contributed by atoms with van der Waals surface area (Å²) in [5.74, 6) is -0.476. The van der Waals surface area contributed by atoms with Gasteiger partial charge in [-0.2, -0.15) is 0 Å². The van der Waals surface area contributed by atoms with E-state index in [0.717, 1.165) is 64.2 Å². The molecule has 0 fully saturated rings. The van der Waals surface area contributed by atoms with Crippen LogP contribution in [0.1, 0.15) is 77.6 Å². The summed E-state index contributed by atoms with van der Waals surface area (Å²) in [6, 6.07) is 0. The zero-order valence-corrected chi connectivity index (χ0v) is 14.1. The van der Waals surface area contributed by atoms with Crippen LogP contribution in [0.4, 0.5) is 0 Å². The Kier molecular flexibility index (Phi) is 12.7. The number of hydrogen-bond donors (Lipinski definition) is 2. The highest BCUT2D eigenvalue weighted by Gasteiger charge is 2.07. The molecule has 0 saturated heterocycles. The fraction of sp³-hybridized carbons (Fsp3) is 0.933. The maximum Gasteiger partial charge on any atom is 0.303 e. The van der Waals surface area contributed by atoms with Gasteiger partial charge in [0.25, 0.3) is 0 Å². The predicted molar refractivity (Wildman–Crippen MR) is 85.9 cm³/mol. The second kappa shape index (κ2) is 13.1. The van der Waals surface area contributed by atoms with E-state index in [1.54, 1.807) is 0 Å². The van der Waals surface area contributed by atoms with E-state index in [1.165, 1.54) is 0 Å². The van der Waals surface area contributed by atoms with Crippen molar-refractivity contribution in [3.63, 3.8) is 0 Å². The molecule has 0 heterocycles. The van der Waals surface area contributed by atoms with Crippen LogP contribution in [0.25, 0.3) is 0 Å². The summed E-state index contributed by atoms with van der Waals surface area (Å²) in [6.45, 7) is 2.53. The Morgan fingerprint density at radius 2 is 1.43 bits per heavy atom. The average Bonchev–Trinajstić information content (AvgIpc) is 2.42. The molecule has 2 N–H and O–H groups in total. The number of aliphatic carboxylic acids is 1. The van der Waals surface area contributed by atoms with Crippen LogP contribution >= 0.6 is 0 Å². The number of sulfonamides is 1. The highest BCUT2D eigenvalue weighted by molar-refractivity contribution is 7.89. The van der Waals surface area contributed by atoms with Gasteiger partial charge in [-0.25, -0.2) is 13.1 Å². The largest absolute Gasteiger partial charge is 0.481 e. The number of hydrogen-bond acceptors (Lipinski definition) is 3. The van der Waals surface area contributed by atoms with Crippen molar-refractivity contribution >= 4 is 16.0 Å². The third kappa shape index (κ3) is 15.6. The first-order chi connectivity index (χ1) is 9.98. The molecule has 0 radical (unpaired) electrons. The van der Waals surface area contributed by atoms with Gasteiger partial charge in [-0.1, -0.05) is 51.9 Å². The third-order valence-electron chi connectivity index (χ3n) is 3.41. The Hall–Kier alpha value is -0.620. The maximum absolute atomic E-state index is 11.5. The molecule has 126 valence electrons. The second-order valence-corrected chi connectivity index (χ2v) is 7.47. The Balaban J connectivity index is 3.27. The van der Waals surface area contributed by atoms with Crippen LogP contribution in [0.5, 0.6) is 0 Å². The number of carboxylic acid groups (broad SMARTS) is 1. The van der Waals surface area contributed by atoms with E-state index in [9.17, 15) is 13.2 Å². The molecule has 0 rings (SSSR count). The molecule has 0 aromatic rings. The van der Waals surface area contributed by atoms with E-state index >= 15 is 0 Å². The smallest absolute Gasteiger partial charge is 0.303 e. The summed E-state index contributed by atoms with van der Waals surface area (Å²) in [5, 5.41) is 8.49.